The van der Waals surface area contributed by atoms with E-state index in [1.54, 1.807) is 10.6 Å². The van der Waals surface area contributed by atoms with Crippen molar-refractivity contribution in [3.05, 3.63) is 24.2 Å². The second kappa shape index (κ2) is 5.42. The highest BCUT2D eigenvalue weighted by Gasteiger charge is 2.30. The standard InChI is InChI=1S/C12H20N2O3S/c1-10-9-14(18(2,15)16)6-5-12(10)13-8-11-4-3-7-17-11/h3-4,7,10,12-13H,5-6,8-9H2,1-2H3. The summed E-state index contributed by atoms with van der Waals surface area (Å²) in [7, 11) is -3.05. The first-order valence-corrected chi connectivity index (χ1v) is 8.02. The van der Waals surface area contributed by atoms with Crippen molar-refractivity contribution < 1.29 is 12.8 Å². The van der Waals surface area contributed by atoms with Gasteiger partial charge in [0.1, 0.15) is 5.76 Å². The fourth-order valence-electron chi connectivity index (χ4n) is 2.36. The summed E-state index contributed by atoms with van der Waals surface area (Å²) >= 11 is 0. The van der Waals surface area contributed by atoms with Crippen LogP contribution in [0.4, 0.5) is 0 Å². The fraction of sp³-hybridized carbons (Fsp3) is 0.667. The molecule has 2 heterocycles. The van der Waals surface area contributed by atoms with Gasteiger partial charge in [-0.1, -0.05) is 6.92 Å². The van der Waals surface area contributed by atoms with Crippen LogP contribution in [0.15, 0.2) is 22.8 Å². The Hall–Kier alpha value is -0.850. The minimum atomic E-state index is -3.05. The lowest BCUT2D eigenvalue weighted by Gasteiger charge is -2.35. The number of hydrogen-bond acceptors (Lipinski definition) is 4. The molecule has 0 saturated carbocycles. The lowest BCUT2D eigenvalue weighted by molar-refractivity contribution is 0.217. The van der Waals surface area contributed by atoms with E-state index >= 15 is 0 Å². The number of nitrogens with one attached hydrogen (secondary N) is 1. The zero-order valence-electron chi connectivity index (χ0n) is 10.8. The zero-order valence-corrected chi connectivity index (χ0v) is 11.6. The van der Waals surface area contributed by atoms with Gasteiger partial charge in [0.05, 0.1) is 19.1 Å². The van der Waals surface area contributed by atoms with Crippen molar-refractivity contribution >= 4 is 10.0 Å². The topological polar surface area (TPSA) is 62.6 Å². The molecule has 0 aromatic carbocycles. The third-order valence-electron chi connectivity index (χ3n) is 3.46. The van der Waals surface area contributed by atoms with Crippen LogP contribution in [0.1, 0.15) is 19.1 Å². The van der Waals surface area contributed by atoms with Crippen molar-refractivity contribution in [1.82, 2.24) is 9.62 Å². The van der Waals surface area contributed by atoms with Crippen LogP contribution >= 0.6 is 0 Å². The molecular formula is C12H20N2O3S. The normalized spacial score (nSPS) is 26.3. The summed E-state index contributed by atoms with van der Waals surface area (Å²) in [4.78, 5) is 0. The highest BCUT2D eigenvalue weighted by Crippen LogP contribution is 2.19. The number of nitrogens with zero attached hydrogens (tertiary/aromatic N) is 1. The van der Waals surface area contributed by atoms with E-state index in [1.807, 2.05) is 12.1 Å². The van der Waals surface area contributed by atoms with E-state index in [9.17, 15) is 8.42 Å². The van der Waals surface area contributed by atoms with Crippen LogP contribution in [0.25, 0.3) is 0 Å². The predicted molar refractivity (Wildman–Crippen MR) is 69.5 cm³/mol. The Kier molecular flexibility index (Phi) is 4.09. The van der Waals surface area contributed by atoms with Gasteiger partial charge in [0.15, 0.2) is 0 Å². The van der Waals surface area contributed by atoms with E-state index in [-0.39, 0.29) is 0 Å². The van der Waals surface area contributed by atoms with E-state index in [0.29, 0.717) is 31.6 Å². The maximum atomic E-state index is 11.5. The molecule has 102 valence electrons. The monoisotopic (exact) mass is 272 g/mol. The second-order valence-electron chi connectivity index (χ2n) is 4.95. The Morgan fingerprint density at radius 2 is 2.33 bits per heavy atom. The lowest BCUT2D eigenvalue weighted by atomic mass is 9.95. The van der Waals surface area contributed by atoms with Crippen LogP contribution < -0.4 is 5.32 Å². The van der Waals surface area contributed by atoms with Crippen molar-refractivity contribution in [3.8, 4) is 0 Å². The summed E-state index contributed by atoms with van der Waals surface area (Å²) in [6.07, 6.45) is 3.78. The molecule has 0 aliphatic carbocycles. The Labute approximate surface area is 108 Å². The zero-order chi connectivity index (χ0) is 13.2. The van der Waals surface area contributed by atoms with Crippen LogP contribution in [-0.2, 0) is 16.6 Å². The summed E-state index contributed by atoms with van der Waals surface area (Å²) in [5.41, 5.74) is 0. The van der Waals surface area contributed by atoms with Crippen molar-refractivity contribution in [3.63, 3.8) is 0 Å². The lowest BCUT2D eigenvalue weighted by Crippen LogP contribution is -2.49. The number of furan rings is 1. The minimum absolute atomic E-state index is 0.309. The maximum Gasteiger partial charge on any atom is 0.211 e. The van der Waals surface area contributed by atoms with Gasteiger partial charge >= 0.3 is 0 Å². The van der Waals surface area contributed by atoms with E-state index in [2.05, 4.69) is 12.2 Å². The van der Waals surface area contributed by atoms with E-state index in [0.717, 1.165) is 12.2 Å². The molecule has 2 unspecified atom stereocenters. The van der Waals surface area contributed by atoms with Gasteiger partial charge in [-0.25, -0.2) is 12.7 Å². The molecule has 0 bridgehead atoms. The molecule has 1 N–H and O–H groups in total. The second-order valence-corrected chi connectivity index (χ2v) is 6.94. The summed E-state index contributed by atoms with van der Waals surface area (Å²) in [5.74, 6) is 1.22. The summed E-state index contributed by atoms with van der Waals surface area (Å²) in [6, 6.07) is 4.14. The first-order chi connectivity index (χ1) is 8.47. The molecule has 0 amide bonds. The Balaban J connectivity index is 1.86. The average Bonchev–Trinajstić information content (AvgIpc) is 2.79. The van der Waals surface area contributed by atoms with E-state index in [1.165, 1.54) is 6.26 Å². The van der Waals surface area contributed by atoms with Crippen LogP contribution in [0.5, 0.6) is 0 Å². The SMILES string of the molecule is CC1CN(S(C)(=O)=O)CCC1NCc1ccco1. The molecule has 18 heavy (non-hydrogen) atoms. The summed E-state index contributed by atoms with van der Waals surface area (Å²) in [5, 5.41) is 3.43. The Morgan fingerprint density at radius 3 is 2.89 bits per heavy atom. The van der Waals surface area contributed by atoms with Gasteiger partial charge < -0.3 is 9.73 Å². The fourth-order valence-corrected chi connectivity index (χ4v) is 3.30. The smallest absolute Gasteiger partial charge is 0.211 e. The van der Waals surface area contributed by atoms with Gasteiger partial charge in [-0.15, -0.1) is 0 Å². The third-order valence-corrected chi connectivity index (χ3v) is 4.73. The quantitative estimate of drug-likeness (QED) is 0.889. The van der Waals surface area contributed by atoms with Crippen molar-refractivity contribution in [2.45, 2.75) is 25.9 Å². The first kappa shape index (κ1) is 13.6. The predicted octanol–water partition coefficient (Wildman–Crippen LogP) is 1.04. The highest BCUT2D eigenvalue weighted by molar-refractivity contribution is 7.88. The molecule has 0 radical (unpaired) electrons. The van der Waals surface area contributed by atoms with Crippen molar-refractivity contribution in [2.75, 3.05) is 19.3 Å². The molecule has 6 heteroatoms. The highest BCUT2D eigenvalue weighted by atomic mass is 32.2. The summed E-state index contributed by atoms with van der Waals surface area (Å²) in [6.45, 7) is 3.96. The molecule has 0 spiro atoms. The van der Waals surface area contributed by atoms with Crippen molar-refractivity contribution in [2.24, 2.45) is 5.92 Å². The molecule has 1 fully saturated rings. The van der Waals surface area contributed by atoms with Crippen LogP contribution in [0, 0.1) is 5.92 Å². The average molecular weight is 272 g/mol. The number of piperidine rings is 1. The molecule has 2 rings (SSSR count). The maximum absolute atomic E-state index is 11.5. The van der Waals surface area contributed by atoms with Gasteiger partial charge in [0, 0.05) is 19.1 Å². The number of hydrogen-bond donors (Lipinski definition) is 1. The van der Waals surface area contributed by atoms with E-state index in [4.69, 9.17) is 4.42 Å². The van der Waals surface area contributed by atoms with Gasteiger partial charge in [0.2, 0.25) is 10.0 Å². The molecule has 1 aromatic rings. The largest absolute Gasteiger partial charge is 0.468 e. The molecule has 1 aromatic heterocycles. The van der Waals surface area contributed by atoms with Crippen LogP contribution in [-0.4, -0.2) is 38.1 Å². The molecule has 5 nitrogen and oxygen atoms in total. The van der Waals surface area contributed by atoms with Crippen molar-refractivity contribution in [1.29, 1.82) is 0 Å². The molecule has 2 atom stereocenters. The van der Waals surface area contributed by atoms with Crippen LogP contribution in [0.2, 0.25) is 0 Å². The molecule has 1 aliphatic heterocycles. The molecular weight excluding hydrogens is 252 g/mol. The van der Waals surface area contributed by atoms with Crippen LogP contribution in [0.3, 0.4) is 0 Å². The Bertz CT molecular complexity index is 470. The first-order valence-electron chi connectivity index (χ1n) is 6.17. The Morgan fingerprint density at radius 1 is 1.56 bits per heavy atom. The van der Waals surface area contributed by atoms with Gasteiger partial charge in [-0.3, -0.25) is 0 Å². The number of sulfonamides is 1. The number of rotatable bonds is 4. The van der Waals surface area contributed by atoms with E-state index < -0.39 is 10.0 Å². The summed E-state index contributed by atoms with van der Waals surface area (Å²) < 4.78 is 29.8. The van der Waals surface area contributed by atoms with Gasteiger partial charge in [-0.05, 0) is 24.5 Å². The molecule has 1 saturated heterocycles. The van der Waals surface area contributed by atoms with Gasteiger partial charge in [0.25, 0.3) is 0 Å². The minimum Gasteiger partial charge on any atom is -0.468 e. The molecule has 1 aliphatic rings. The van der Waals surface area contributed by atoms with Gasteiger partial charge in [-0.2, -0.15) is 0 Å². The third kappa shape index (κ3) is 3.34.